The molecule has 1 aromatic carbocycles. The van der Waals surface area contributed by atoms with E-state index in [0.717, 1.165) is 84.5 Å². The maximum atomic E-state index is 6.05. The number of aryl methyl sites for hydroxylation is 1. The summed E-state index contributed by atoms with van der Waals surface area (Å²) in [6, 6.07) is 9.16. The van der Waals surface area contributed by atoms with E-state index in [-0.39, 0.29) is 42.2 Å². The number of halogens is 1. The first kappa shape index (κ1) is 25.7. The molecule has 180 valence electrons. The average molecular weight is 559 g/mol. The second kappa shape index (κ2) is 13.1. The van der Waals surface area contributed by atoms with E-state index in [4.69, 9.17) is 19.2 Å². The predicted octanol–water partition coefficient (Wildman–Crippen LogP) is 2.83. The van der Waals surface area contributed by atoms with Crippen LogP contribution in [0.25, 0.3) is 0 Å². The van der Waals surface area contributed by atoms with Gasteiger partial charge in [0.05, 0.1) is 38.5 Å². The zero-order valence-electron chi connectivity index (χ0n) is 19.5. The number of hydrogen-bond donors (Lipinski definition) is 1. The van der Waals surface area contributed by atoms with Crippen LogP contribution in [0.1, 0.15) is 36.9 Å². The summed E-state index contributed by atoms with van der Waals surface area (Å²) in [6.45, 7) is 12.6. The molecule has 0 amide bonds. The number of rotatable bonds is 6. The van der Waals surface area contributed by atoms with Gasteiger partial charge in [0.25, 0.3) is 0 Å². The van der Waals surface area contributed by atoms with Crippen molar-refractivity contribution in [1.29, 1.82) is 0 Å². The summed E-state index contributed by atoms with van der Waals surface area (Å²) in [5, 5.41) is 3.52. The van der Waals surface area contributed by atoms with Crippen LogP contribution in [0.5, 0.6) is 0 Å². The van der Waals surface area contributed by atoms with E-state index in [1.807, 2.05) is 0 Å². The minimum atomic E-state index is 0. The highest BCUT2D eigenvalue weighted by Gasteiger charge is 2.32. The molecule has 0 saturated carbocycles. The molecular weight excluding hydrogens is 519 g/mol. The minimum absolute atomic E-state index is 0. The molecule has 3 atom stereocenters. The van der Waals surface area contributed by atoms with Crippen LogP contribution in [0, 0.1) is 6.92 Å². The molecule has 3 fully saturated rings. The number of nitrogens with zero attached hydrogens (tertiary/aromatic N) is 3. The molecule has 0 bridgehead atoms. The number of morpholine rings is 2. The third-order valence-electron chi connectivity index (χ3n) is 6.47. The monoisotopic (exact) mass is 558 g/mol. The van der Waals surface area contributed by atoms with E-state index in [1.54, 1.807) is 0 Å². The van der Waals surface area contributed by atoms with E-state index < -0.39 is 0 Å². The maximum absolute atomic E-state index is 6.05. The van der Waals surface area contributed by atoms with Crippen molar-refractivity contribution in [2.45, 2.75) is 44.9 Å². The fourth-order valence-corrected chi connectivity index (χ4v) is 4.70. The lowest BCUT2D eigenvalue weighted by atomic mass is 10.0. The van der Waals surface area contributed by atoms with Gasteiger partial charge in [0.15, 0.2) is 5.96 Å². The van der Waals surface area contributed by atoms with Crippen LogP contribution in [-0.4, -0.2) is 93.7 Å². The zero-order valence-corrected chi connectivity index (χ0v) is 21.8. The number of nitrogens with one attached hydrogen (secondary N) is 1. The van der Waals surface area contributed by atoms with Crippen LogP contribution >= 0.6 is 24.0 Å². The molecule has 7 nitrogen and oxygen atoms in total. The van der Waals surface area contributed by atoms with Crippen LogP contribution in [0.2, 0.25) is 0 Å². The summed E-state index contributed by atoms with van der Waals surface area (Å²) in [7, 11) is 0. The number of guanidine groups is 1. The molecule has 32 heavy (non-hydrogen) atoms. The SMILES string of the molecule is CCNC(=NCC(c1ccc(C)cc1)N1CCOCC1)N1CCOC(C2CCCO2)C1.I. The molecule has 3 aliphatic heterocycles. The van der Waals surface area contributed by atoms with Gasteiger partial charge < -0.3 is 24.4 Å². The summed E-state index contributed by atoms with van der Waals surface area (Å²) in [4.78, 5) is 9.99. The van der Waals surface area contributed by atoms with Gasteiger partial charge in [-0.3, -0.25) is 9.89 Å². The Morgan fingerprint density at radius 2 is 1.81 bits per heavy atom. The quantitative estimate of drug-likeness (QED) is 0.330. The zero-order chi connectivity index (χ0) is 21.5. The molecule has 3 heterocycles. The van der Waals surface area contributed by atoms with Crippen molar-refractivity contribution in [2.24, 2.45) is 4.99 Å². The normalized spacial score (nSPS) is 25.9. The predicted molar refractivity (Wildman–Crippen MR) is 138 cm³/mol. The third kappa shape index (κ3) is 6.79. The first-order valence-corrected chi connectivity index (χ1v) is 11.9. The number of hydrogen-bond acceptors (Lipinski definition) is 5. The Bertz CT molecular complexity index is 706. The molecular formula is C24H39IN4O3. The Morgan fingerprint density at radius 1 is 1.06 bits per heavy atom. The summed E-state index contributed by atoms with van der Waals surface area (Å²) in [5.74, 6) is 0.985. The van der Waals surface area contributed by atoms with Crippen LogP contribution in [-0.2, 0) is 14.2 Å². The molecule has 1 aromatic rings. The fourth-order valence-electron chi connectivity index (χ4n) is 4.70. The van der Waals surface area contributed by atoms with Gasteiger partial charge in [-0.1, -0.05) is 29.8 Å². The van der Waals surface area contributed by atoms with Crippen LogP contribution in [0.15, 0.2) is 29.3 Å². The largest absolute Gasteiger partial charge is 0.379 e. The molecule has 0 aromatic heterocycles. The molecule has 0 spiro atoms. The molecule has 1 N–H and O–H groups in total. The summed E-state index contributed by atoms with van der Waals surface area (Å²) < 4.78 is 17.5. The second-order valence-electron chi connectivity index (χ2n) is 8.68. The van der Waals surface area contributed by atoms with Crippen molar-refractivity contribution in [3.63, 3.8) is 0 Å². The lowest BCUT2D eigenvalue weighted by molar-refractivity contribution is -0.0817. The molecule has 3 aliphatic rings. The van der Waals surface area contributed by atoms with E-state index in [9.17, 15) is 0 Å². The Morgan fingerprint density at radius 3 is 2.50 bits per heavy atom. The highest BCUT2D eigenvalue weighted by Crippen LogP contribution is 2.24. The fraction of sp³-hybridized carbons (Fsp3) is 0.708. The van der Waals surface area contributed by atoms with Crippen molar-refractivity contribution in [3.8, 4) is 0 Å². The highest BCUT2D eigenvalue weighted by molar-refractivity contribution is 14.0. The number of ether oxygens (including phenoxy) is 3. The van der Waals surface area contributed by atoms with Gasteiger partial charge in [0.2, 0.25) is 0 Å². The lowest BCUT2D eigenvalue weighted by Crippen LogP contribution is -2.53. The van der Waals surface area contributed by atoms with Crippen molar-refractivity contribution in [3.05, 3.63) is 35.4 Å². The second-order valence-corrected chi connectivity index (χ2v) is 8.68. The van der Waals surface area contributed by atoms with Gasteiger partial charge in [-0.25, -0.2) is 0 Å². The van der Waals surface area contributed by atoms with Gasteiger partial charge in [-0.15, -0.1) is 24.0 Å². The van der Waals surface area contributed by atoms with Gasteiger partial charge in [0.1, 0.15) is 6.10 Å². The summed E-state index contributed by atoms with van der Waals surface area (Å²) in [5.41, 5.74) is 2.61. The molecule has 8 heteroatoms. The maximum Gasteiger partial charge on any atom is 0.194 e. The van der Waals surface area contributed by atoms with Crippen molar-refractivity contribution < 1.29 is 14.2 Å². The summed E-state index contributed by atoms with van der Waals surface area (Å²) >= 11 is 0. The van der Waals surface area contributed by atoms with E-state index in [2.05, 4.69) is 53.2 Å². The Labute approximate surface area is 209 Å². The first-order chi connectivity index (χ1) is 15.2. The van der Waals surface area contributed by atoms with Gasteiger partial charge in [0, 0.05) is 39.3 Å². The smallest absolute Gasteiger partial charge is 0.194 e. The van der Waals surface area contributed by atoms with E-state index >= 15 is 0 Å². The Kier molecular flexibility index (Phi) is 10.5. The first-order valence-electron chi connectivity index (χ1n) is 11.9. The average Bonchev–Trinajstić information content (AvgIpc) is 3.36. The van der Waals surface area contributed by atoms with E-state index in [0.29, 0.717) is 0 Å². The molecule has 0 radical (unpaired) electrons. The van der Waals surface area contributed by atoms with Gasteiger partial charge >= 0.3 is 0 Å². The third-order valence-corrected chi connectivity index (χ3v) is 6.47. The van der Waals surface area contributed by atoms with Gasteiger partial charge in [-0.2, -0.15) is 0 Å². The standard InChI is InChI=1S/C24H38N4O3.HI/c1-3-25-24(28-12-16-31-23(18-28)22-5-4-13-30-22)26-17-21(27-10-14-29-15-11-27)20-8-6-19(2)7-9-20;/h6-9,21-23H,3-5,10-18H2,1-2H3,(H,25,26);1H. The molecule has 0 aliphatic carbocycles. The van der Waals surface area contributed by atoms with Crippen molar-refractivity contribution in [2.75, 3.05) is 65.7 Å². The van der Waals surface area contributed by atoms with Crippen LogP contribution in [0.4, 0.5) is 0 Å². The number of benzene rings is 1. The Hall–Kier alpha value is -0.940. The molecule has 3 saturated heterocycles. The van der Waals surface area contributed by atoms with E-state index in [1.165, 1.54) is 11.1 Å². The van der Waals surface area contributed by atoms with Crippen molar-refractivity contribution >= 4 is 29.9 Å². The van der Waals surface area contributed by atoms with Crippen molar-refractivity contribution in [1.82, 2.24) is 15.1 Å². The lowest BCUT2D eigenvalue weighted by Gasteiger charge is -2.38. The molecule has 3 unspecified atom stereocenters. The topological polar surface area (TPSA) is 58.6 Å². The summed E-state index contributed by atoms with van der Waals surface area (Å²) in [6.07, 6.45) is 2.58. The highest BCUT2D eigenvalue weighted by atomic mass is 127. The van der Waals surface area contributed by atoms with Crippen LogP contribution < -0.4 is 5.32 Å². The molecule has 4 rings (SSSR count). The number of aliphatic imine (C=N–C) groups is 1. The van der Waals surface area contributed by atoms with Gasteiger partial charge in [-0.05, 0) is 32.3 Å². The Balaban J connectivity index is 0.00000289. The minimum Gasteiger partial charge on any atom is -0.379 e. The van der Waals surface area contributed by atoms with Crippen LogP contribution in [0.3, 0.4) is 0 Å².